The van der Waals surface area contributed by atoms with Gasteiger partial charge < -0.3 is 80.5 Å². The van der Waals surface area contributed by atoms with Crippen molar-refractivity contribution in [1.82, 2.24) is 57.5 Å². The number of Topliss-reactive ketones (excluding diaryl/α,β-unsaturated/α-hetero) is 5. The molecule has 5 aromatic rings. The number of ketones is 5. The van der Waals surface area contributed by atoms with Gasteiger partial charge in [0.25, 0.3) is 5.91 Å². The monoisotopic (exact) mass is 1500 g/mol. The van der Waals surface area contributed by atoms with Gasteiger partial charge in [-0.2, -0.15) is 0 Å². The number of aliphatic hydroxyl groups excluding tert-OH is 1. The Morgan fingerprint density at radius 3 is 1.75 bits per heavy atom. The van der Waals surface area contributed by atoms with Crippen LogP contribution in [0, 0.1) is 47.3 Å². The Kier molecular flexibility index (Phi) is 40.2. The van der Waals surface area contributed by atoms with Crippen molar-refractivity contribution in [2.45, 2.75) is 176 Å². The molecule has 0 aliphatic carbocycles. The number of amides is 8. The highest BCUT2D eigenvalue weighted by Gasteiger charge is 2.35. The van der Waals surface area contributed by atoms with Gasteiger partial charge in [0.05, 0.1) is 55.5 Å². The average Bonchev–Trinajstić information content (AvgIpc) is 1.65. The molecule has 2 unspecified atom stereocenters. The van der Waals surface area contributed by atoms with Gasteiger partial charge in [0, 0.05) is 150 Å². The lowest BCUT2D eigenvalue weighted by atomic mass is 9.88. The molecule has 2 aromatic heterocycles. The Hall–Kier alpha value is -9.68. The first-order chi connectivity index (χ1) is 51.3. The molecule has 0 bridgehead atoms. The van der Waals surface area contributed by atoms with E-state index in [1.54, 1.807) is 55.7 Å². The number of hydrogen-bond acceptors (Lipinski definition) is 19. The van der Waals surface area contributed by atoms with Gasteiger partial charge in [0.1, 0.15) is 11.8 Å². The Bertz CT molecular complexity index is 3700. The second-order valence-corrected chi connectivity index (χ2v) is 29.3. The molecule has 0 fully saturated rings. The van der Waals surface area contributed by atoms with Gasteiger partial charge in [-0.1, -0.05) is 109 Å². The van der Waals surface area contributed by atoms with Crippen LogP contribution < -0.4 is 65.5 Å². The number of carbonyl (C=O) groups is 13. The molecule has 592 valence electrons. The van der Waals surface area contributed by atoms with Crippen LogP contribution in [-0.4, -0.2) is 179 Å². The van der Waals surface area contributed by atoms with E-state index in [2.05, 4.69) is 57.5 Å². The minimum atomic E-state index is -1.28. The molecular formula is C79H117N15O14. The molecule has 0 spiro atoms. The van der Waals surface area contributed by atoms with Gasteiger partial charge in [-0.15, -0.1) is 0 Å². The van der Waals surface area contributed by atoms with E-state index in [4.69, 9.17) is 22.9 Å². The van der Waals surface area contributed by atoms with Crippen LogP contribution in [-0.2, 0) is 83.2 Å². The number of rotatable bonds is 51. The number of nitrogens with two attached hydrogens (primary N) is 4. The van der Waals surface area contributed by atoms with E-state index in [1.807, 2.05) is 78.8 Å². The van der Waals surface area contributed by atoms with Crippen LogP contribution in [0.1, 0.15) is 153 Å². The third-order valence-corrected chi connectivity index (χ3v) is 18.6. The normalized spacial score (nSPS) is 13.9. The minimum Gasteiger partial charge on any atom is -0.391 e. The Labute approximate surface area is 633 Å². The summed E-state index contributed by atoms with van der Waals surface area (Å²) in [5, 5.41) is 34.4. The van der Waals surface area contributed by atoms with Crippen LogP contribution in [0.25, 0.3) is 10.9 Å². The maximum atomic E-state index is 14.4. The number of fused-ring (bicyclic) bond motifs is 1. The van der Waals surface area contributed by atoms with Crippen molar-refractivity contribution in [3.8, 4) is 0 Å². The van der Waals surface area contributed by atoms with E-state index in [0.29, 0.717) is 68.9 Å². The summed E-state index contributed by atoms with van der Waals surface area (Å²) in [6, 6.07) is 18.7. The number of imidazole rings is 1. The number of aliphatic hydroxyl groups is 1. The SMILES string of the molecule is CC(=O)NCC(=O)C[C@H](Cc1cnc[nH]1)C(=O)NC(CC(C)C)C(O)CC(=O)C[C@H](CC(C)C)C(N)=O.CC(C)[C@H](C)CC(=O)[C@@H](C)NC(=O)[C@H](CC(=O)[C@@H](CCC(N)=O)NC(=O)[C@@H](Cc1ccccc1)NC(=O)c1ccc(CC(=O)CNC(=O)C(CNCCN)CNCCN)cc1)Cc1c[nH]c2ccccc12. The molecule has 29 heteroatoms. The van der Waals surface area contributed by atoms with E-state index in [1.165, 1.54) is 25.4 Å². The number of carbonyl (C=O) groups excluding carboxylic acids is 13. The number of nitrogens with zero attached hydrogens (tertiary/aromatic N) is 1. The van der Waals surface area contributed by atoms with E-state index in [-0.39, 0.29) is 148 Å². The molecule has 0 saturated heterocycles. The molecule has 108 heavy (non-hydrogen) atoms. The number of aromatic nitrogens is 3. The summed E-state index contributed by atoms with van der Waals surface area (Å²) in [4.78, 5) is 179. The maximum absolute atomic E-state index is 14.4. The highest BCUT2D eigenvalue weighted by atomic mass is 16.3. The minimum absolute atomic E-state index is 0.0114. The topological polar surface area (TPSA) is 487 Å². The number of para-hydroxylation sites is 1. The fourth-order valence-electron chi connectivity index (χ4n) is 12.1. The fourth-order valence-corrected chi connectivity index (χ4v) is 12.1. The molecule has 0 radical (unpaired) electrons. The van der Waals surface area contributed by atoms with Gasteiger partial charge in [-0.05, 0) is 91.2 Å². The number of benzene rings is 3. The molecule has 29 nitrogen and oxygen atoms in total. The van der Waals surface area contributed by atoms with Crippen molar-refractivity contribution >= 4 is 87.1 Å². The molecule has 5 rings (SSSR count). The molecule has 8 amide bonds. The van der Waals surface area contributed by atoms with Crippen molar-refractivity contribution in [2.24, 2.45) is 70.3 Å². The Morgan fingerprint density at radius 2 is 1.16 bits per heavy atom. The third-order valence-electron chi connectivity index (χ3n) is 18.6. The van der Waals surface area contributed by atoms with Crippen LogP contribution in [0.2, 0.25) is 0 Å². The predicted octanol–water partition coefficient (Wildman–Crippen LogP) is 2.83. The van der Waals surface area contributed by atoms with Crippen LogP contribution >= 0.6 is 0 Å². The lowest BCUT2D eigenvalue weighted by molar-refractivity contribution is -0.134. The number of hydrogen-bond donors (Lipinski definition) is 15. The second kappa shape index (κ2) is 47.9. The summed E-state index contributed by atoms with van der Waals surface area (Å²) in [5.41, 5.74) is 25.9. The summed E-state index contributed by atoms with van der Waals surface area (Å²) in [6.45, 7) is 19.0. The van der Waals surface area contributed by atoms with Crippen LogP contribution in [0.4, 0.5) is 0 Å². The van der Waals surface area contributed by atoms with Crippen LogP contribution in [0.15, 0.2) is 97.6 Å². The number of H-pyrrole nitrogens is 2. The van der Waals surface area contributed by atoms with E-state index < -0.39 is 95.2 Å². The molecule has 2 heterocycles. The van der Waals surface area contributed by atoms with E-state index >= 15 is 0 Å². The number of nitrogens with one attached hydrogen (secondary N) is 10. The standard InChI is InChI=1S/C53H74N10O8.C26H43N5O6/c1-33(2)34(3)24-47(65)35(4)61-52(70)39(27-40-31-59-44-13-9-8-12-43(40)44)28-48(66)45(18-19-49(56)67)62-53(71)46(26-36-10-6-5-7-11-36)63-51(69)38-16-14-37(15-17-38)25-42(64)32-60-50(68)41(29-57-22-20-54)30-58-23-21-55;1-15(2)6-18(25(27)36)9-21(33)11-24(35)23(7-16(3)4)31-26(37)19(8-20-12-28-14-30-20)10-22(34)13-29-17(5)32/h5-17,31,33-35,39,41,45-46,57-59H,18-30,32,54-55H2,1-4H3,(H2,56,67)(H,60,68)(H,61,70)(H,62,71)(H,63,69);12,14-16,18-19,23-24,35H,6-11,13H2,1-5H3,(H2,27,36)(H,28,30)(H,29,32)(H,31,37)/t34-,35-,39+,45-,46-;18-,19-,23?,24?/m10/s1. The lowest BCUT2D eigenvalue weighted by Gasteiger charge is -2.28. The second-order valence-electron chi connectivity index (χ2n) is 29.3. The molecule has 3 aromatic carbocycles. The molecule has 19 N–H and O–H groups in total. The lowest BCUT2D eigenvalue weighted by Crippen LogP contribution is -2.53. The summed E-state index contributed by atoms with van der Waals surface area (Å²) >= 11 is 0. The van der Waals surface area contributed by atoms with Gasteiger partial charge in [-0.25, -0.2) is 4.98 Å². The summed E-state index contributed by atoms with van der Waals surface area (Å²) < 4.78 is 0. The van der Waals surface area contributed by atoms with Crippen LogP contribution in [0.5, 0.6) is 0 Å². The molecule has 9 atom stereocenters. The van der Waals surface area contributed by atoms with Crippen molar-refractivity contribution in [3.05, 3.63) is 126 Å². The smallest absolute Gasteiger partial charge is 0.251 e. The predicted molar refractivity (Wildman–Crippen MR) is 411 cm³/mol. The van der Waals surface area contributed by atoms with Crippen molar-refractivity contribution in [2.75, 3.05) is 52.4 Å². The van der Waals surface area contributed by atoms with Gasteiger partial charge in [0.15, 0.2) is 23.1 Å². The zero-order valence-electron chi connectivity index (χ0n) is 64.1. The van der Waals surface area contributed by atoms with Gasteiger partial charge >= 0.3 is 0 Å². The van der Waals surface area contributed by atoms with E-state index in [9.17, 15) is 67.4 Å². The molecule has 0 aliphatic rings. The Morgan fingerprint density at radius 1 is 0.546 bits per heavy atom. The third kappa shape index (κ3) is 34.0. The number of primary amides is 2. The summed E-state index contributed by atoms with van der Waals surface area (Å²) in [7, 11) is 0. The van der Waals surface area contributed by atoms with E-state index in [0.717, 1.165) is 16.5 Å². The first-order valence-corrected chi connectivity index (χ1v) is 37.3. The average molecular weight is 1500 g/mol. The Balaban J connectivity index is 0.000000560. The summed E-state index contributed by atoms with van der Waals surface area (Å²) in [5.74, 6) is -7.88. The van der Waals surface area contributed by atoms with Crippen LogP contribution in [0.3, 0.4) is 0 Å². The van der Waals surface area contributed by atoms with Crippen molar-refractivity contribution in [1.29, 1.82) is 0 Å². The highest BCUT2D eigenvalue weighted by Crippen LogP contribution is 2.26. The first-order valence-electron chi connectivity index (χ1n) is 37.3. The maximum Gasteiger partial charge on any atom is 0.251 e. The van der Waals surface area contributed by atoms with Gasteiger partial charge in [-0.3, -0.25) is 62.3 Å². The fraction of sp³-hybridized carbons (Fsp3) is 0.544. The number of aromatic amines is 2. The molecular weight excluding hydrogens is 1380 g/mol. The quantitative estimate of drug-likeness (QED) is 0.0249. The largest absolute Gasteiger partial charge is 0.391 e. The molecule has 0 saturated carbocycles. The highest BCUT2D eigenvalue weighted by molar-refractivity contribution is 6.00. The first kappa shape index (κ1) is 90.7. The zero-order chi connectivity index (χ0) is 80.0. The zero-order valence-corrected chi connectivity index (χ0v) is 64.1. The van der Waals surface area contributed by atoms with Gasteiger partial charge in [0.2, 0.25) is 41.4 Å². The summed E-state index contributed by atoms with van der Waals surface area (Å²) in [6.07, 6.45) is 3.95. The van der Waals surface area contributed by atoms with Crippen molar-refractivity contribution in [3.63, 3.8) is 0 Å². The van der Waals surface area contributed by atoms with Crippen molar-refractivity contribution < 1.29 is 67.4 Å². The molecule has 0 aliphatic heterocycles.